The molecular formula is C16H15Cl2NO2. The van der Waals surface area contributed by atoms with E-state index in [1.165, 1.54) is 7.11 Å². The Labute approximate surface area is 133 Å². The molecule has 2 aromatic rings. The molecule has 0 aromatic heterocycles. The standard InChI is InChI=1S/C16H15Cl2NO2/c1-10(14-9-12(17)5-8-15(14)18)19-13-6-3-11(4-7-13)16(20)21-2/h3-10,19H,1-2H3. The fourth-order valence-electron chi connectivity index (χ4n) is 1.99. The zero-order valence-electron chi connectivity index (χ0n) is 11.7. The highest BCUT2D eigenvalue weighted by Crippen LogP contribution is 2.28. The van der Waals surface area contributed by atoms with Crippen LogP contribution >= 0.6 is 23.2 Å². The number of carbonyl (C=O) groups is 1. The Morgan fingerprint density at radius 1 is 1.14 bits per heavy atom. The van der Waals surface area contributed by atoms with Crippen molar-refractivity contribution < 1.29 is 9.53 Å². The number of methoxy groups -OCH3 is 1. The number of hydrogen-bond acceptors (Lipinski definition) is 3. The maximum atomic E-state index is 11.4. The molecule has 3 nitrogen and oxygen atoms in total. The van der Waals surface area contributed by atoms with E-state index < -0.39 is 0 Å². The summed E-state index contributed by atoms with van der Waals surface area (Å²) in [5.74, 6) is -0.354. The van der Waals surface area contributed by atoms with Crippen molar-refractivity contribution in [3.63, 3.8) is 0 Å². The van der Waals surface area contributed by atoms with Crippen molar-refractivity contribution >= 4 is 34.9 Å². The van der Waals surface area contributed by atoms with Crippen LogP contribution in [0.2, 0.25) is 10.0 Å². The molecular weight excluding hydrogens is 309 g/mol. The second-order valence-corrected chi connectivity index (χ2v) is 5.44. The van der Waals surface area contributed by atoms with Crippen molar-refractivity contribution in [2.75, 3.05) is 12.4 Å². The summed E-state index contributed by atoms with van der Waals surface area (Å²) in [6.07, 6.45) is 0. The first kappa shape index (κ1) is 15.7. The van der Waals surface area contributed by atoms with Crippen LogP contribution in [0.15, 0.2) is 42.5 Å². The second-order valence-electron chi connectivity index (χ2n) is 4.60. The summed E-state index contributed by atoms with van der Waals surface area (Å²) in [7, 11) is 1.36. The van der Waals surface area contributed by atoms with Crippen molar-refractivity contribution in [1.29, 1.82) is 0 Å². The Balaban J connectivity index is 2.14. The summed E-state index contributed by atoms with van der Waals surface area (Å²) in [5.41, 5.74) is 2.31. The van der Waals surface area contributed by atoms with Gasteiger partial charge in [-0.05, 0) is 55.0 Å². The van der Waals surface area contributed by atoms with Gasteiger partial charge in [0.05, 0.1) is 18.7 Å². The fourth-order valence-corrected chi connectivity index (χ4v) is 2.46. The summed E-state index contributed by atoms with van der Waals surface area (Å²) in [6.45, 7) is 1.99. The lowest BCUT2D eigenvalue weighted by Crippen LogP contribution is -2.08. The highest BCUT2D eigenvalue weighted by Gasteiger charge is 2.11. The zero-order valence-corrected chi connectivity index (χ0v) is 13.2. The minimum absolute atomic E-state index is 0.0137. The summed E-state index contributed by atoms with van der Waals surface area (Å²) >= 11 is 12.2. The Kier molecular flexibility index (Phi) is 5.10. The van der Waals surface area contributed by atoms with E-state index in [0.717, 1.165) is 11.3 Å². The molecule has 0 fully saturated rings. The number of benzene rings is 2. The first-order valence-corrected chi connectivity index (χ1v) is 7.16. The van der Waals surface area contributed by atoms with E-state index in [4.69, 9.17) is 23.2 Å². The molecule has 2 aromatic carbocycles. The molecule has 1 N–H and O–H groups in total. The van der Waals surface area contributed by atoms with Crippen LogP contribution in [0.5, 0.6) is 0 Å². The van der Waals surface area contributed by atoms with Gasteiger partial charge in [-0.25, -0.2) is 4.79 Å². The molecule has 21 heavy (non-hydrogen) atoms. The van der Waals surface area contributed by atoms with Gasteiger partial charge in [-0.15, -0.1) is 0 Å². The van der Waals surface area contributed by atoms with Gasteiger partial charge in [0.25, 0.3) is 0 Å². The van der Waals surface area contributed by atoms with E-state index in [1.807, 2.05) is 25.1 Å². The van der Waals surface area contributed by atoms with Crippen molar-refractivity contribution in [3.05, 3.63) is 63.6 Å². The Morgan fingerprint density at radius 2 is 1.81 bits per heavy atom. The number of ether oxygens (including phenoxy) is 1. The molecule has 0 aliphatic carbocycles. The van der Waals surface area contributed by atoms with Crippen molar-refractivity contribution in [3.8, 4) is 0 Å². The van der Waals surface area contributed by atoms with Crippen LogP contribution in [0.25, 0.3) is 0 Å². The molecule has 0 heterocycles. The Bertz CT molecular complexity index is 641. The molecule has 0 aliphatic rings. The Morgan fingerprint density at radius 3 is 2.43 bits per heavy atom. The number of esters is 1. The highest BCUT2D eigenvalue weighted by atomic mass is 35.5. The van der Waals surface area contributed by atoms with Crippen LogP contribution in [-0.4, -0.2) is 13.1 Å². The minimum atomic E-state index is -0.354. The van der Waals surface area contributed by atoms with Gasteiger partial charge in [0.15, 0.2) is 0 Å². The normalized spacial score (nSPS) is 11.8. The zero-order chi connectivity index (χ0) is 15.4. The van der Waals surface area contributed by atoms with Crippen LogP contribution in [0, 0.1) is 0 Å². The predicted octanol–water partition coefficient (Wildman–Crippen LogP) is 4.95. The van der Waals surface area contributed by atoms with Crippen molar-refractivity contribution in [2.24, 2.45) is 0 Å². The first-order chi connectivity index (χ1) is 10.0. The summed E-state index contributed by atoms with van der Waals surface area (Å²) in [6, 6.07) is 12.4. The van der Waals surface area contributed by atoms with E-state index in [9.17, 15) is 4.79 Å². The summed E-state index contributed by atoms with van der Waals surface area (Å²) in [4.78, 5) is 11.4. The number of halogens is 2. The quantitative estimate of drug-likeness (QED) is 0.809. The van der Waals surface area contributed by atoms with Gasteiger partial charge in [0.1, 0.15) is 0 Å². The predicted molar refractivity (Wildman–Crippen MR) is 86.3 cm³/mol. The van der Waals surface area contributed by atoms with Crippen LogP contribution < -0.4 is 5.32 Å². The first-order valence-electron chi connectivity index (χ1n) is 6.41. The molecule has 1 unspecified atom stereocenters. The van der Waals surface area contributed by atoms with E-state index in [2.05, 4.69) is 10.1 Å². The van der Waals surface area contributed by atoms with Gasteiger partial charge >= 0.3 is 5.97 Å². The topological polar surface area (TPSA) is 38.3 Å². The van der Waals surface area contributed by atoms with Crippen molar-refractivity contribution in [2.45, 2.75) is 13.0 Å². The third-order valence-corrected chi connectivity index (χ3v) is 3.69. The lowest BCUT2D eigenvalue weighted by molar-refractivity contribution is 0.0601. The largest absolute Gasteiger partial charge is 0.465 e. The van der Waals surface area contributed by atoms with E-state index >= 15 is 0 Å². The average molecular weight is 324 g/mol. The van der Waals surface area contributed by atoms with Gasteiger partial charge < -0.3 is 10.1 Å². The molecule has 0 bridgehead atoms. The molecule has 2 rings (SSSR count). The highest BCUT2D eigenvalue weighted by molar-refractivity contribution is 6.33. The fraction of sp³-hybridized carbons (Fsp3) is 0.188. The van der Waals surface area contributed by atoms with Gasteiger partial charge in [-0.2, -0.15) is 0 Å². The van der Waals surface area contributed by atoms with Crippen molar-refractivity contribution in [1.82, 2.24) is 0 Å². The monoisotopic (exact) mass is 323 g/mol. The molecule has 0 aliphatic heterocycles. The molecule has 0 radical (unpaired) electrons. The van der Waals surface area contributed by atoms with Crippen LogP contribution in [0.4, 0.5) is 5.69 Å². The maximum Gasteiger partial charge on any atom is 0.337 e. The Hall–Kier alpha value is -1.71. The third-order valence-electron chi connectivity index (χ3n) is 3.11. The number of hydrogen-bond donors (Lipinski definition) is 1. The number of nitrogens with one attached hydrogen (secondary N) is 1. The van der Waals surface area contributed by atoms with E-state index in [1.54, 1.807) is 24.3 Å². The van der Waals surface area contributed by atoms with Gasteiger partial charge in [-0.3, -0.25) is 0 Å². The molecule has 0 spiro atoms. The summed E-state index contributed by atoms with van der Waals surface area (Å²) < 4.78 is 4.66. The van der Waals surface area contributed by atoms with Crippen LogP contribution in [0.1, 0.15) is 28.9 Å². The van der Waals surface area contributed by atoms with E-state index in [0.29, 0.717) is 15.6 Å². The van der Waals surface area contributed by atoms with Crippen LogP contribution in [0.3, 0.4) is 0 Å². The van der Waals surface area contributed by atoms with Gasteiger partial charge in [-0.1, -0.05) is 23.2 Å². The lowest BCUT2D eigenvalue weighted by atomic mass is 10.1. The third kappa shape index (κ3) is 3.90. The summed E-state index contributed by atoms with van der Waals surface area (Å²) in [5, 5.41) is 4.62. The molecule has 110 valence electrons. The second kappa shape index (κ2) is 6.83. The molecule has 0 amide bonds. The van der Waals surface area contributed by atoms with Crippen LogP contribution in [-0.2, 0) is 4.74 Å². The average Bonchev–Trinajstić information content (AvgIpc) is 2.49. The SMILES string of the molecule is COC(=O)c1ccc(NC(C)c2cc(Cl)ccc2Cl)cc1. The van der Waals surface area contributed by atoms with Gasteiger partial charge in [0.2, 0.25) is 0 Å². The number of rotatable bonds is 4. The van der Waals surface area contributed by atoms with E-state index in [-0.39, 0.29) is 12.0 Å². The van der Waals surface area contributed by atoms with Gasteiger partial charge in [0, 0.05) is 15.7 Å². The molecule has 0 saturated carbocycles. The maximum absolute atomic E-state index is 11.4. The number of carbonyl (C=O) groups excluding carboxylic acids is 1. The molecule has 1 atom stereocenters. The number of anilines is 1. The smallest absolute Gasteiger partial charge is 0.337 e. The minimum Gasteiger partial charge on any atom is -0.465 e. The molecule has 0 saturated heterocycles. The molecule has 5 heteroatoms. The lowest BCUT2D eigenvalue weighted by Gasteiger charge is -2.17.